The number of hydrogen-bond acceptors (Lipinski definition) is 1. The first kappa shape index (κ1) is 13.6. The van der Waals surface area contributed by atoms with Crippen LogP contribution >= 0.6 is 0 Å². The molecular weight excluding hydrogens is 255 g/mol. The Morgan fingerprint density at radius 3 is 2.26 bits per heavy atom. The zero-order valence-corrected chi connectivity index (χ0v) is 10.7. The molecule has 0 amide bonds. The molecule has 2 aromatic rings. The van der Waals surface area contributed by atoms with Gasteiger partial charge in [0, 0.05) is 11.6 Å². The fourth-order valence-corrected chi connectivity index (χ4v) is 2.14. The molecule has 0 aliphatic heterocycles. The van der Waals surface area contributed by atoms with Crippen LogP contribution in [0.5, 0.6) is 0 Å². The van der Waals surface area contributed by atoms with E-state index in [0.717, 1.165) is 15.5 Å². The van der Waals surface area contributed by atoms with Crippen LogP contribution in [0.4, 0.5) is 13.2 Å². The van der Waals surface area contributed by atoms with Crippen LogP contribution < -0.4 is 5.56 Å². The van der Waals surface area contributed by atoms with Gasteiger partial charge in [-0.15, -0.1) is 0 Å². The summed E-state index contributed by atoms with van der Waals surface area (Å²) in [7, 11) is 0. The Hall–Kier alpha value is -1.78. The lowest BCUT2D eigenvalue weighted by molar-refractivity contribution is -0.141. The van der Waals surface area contributed by atoms with Crippen molar-refractivity contribution < 1.29 is 13.2 Å². The second-order valence-corrected chi connectivity index (χ2v) is 4.83. The highest BCUT2D eigenvalue weighted by Gasteiger charge is 2.29. The minimum absolute atomic E-state index is 0.0463. The number of alkyl halides is 3. The molecule has 2 rings (SSSR count). The van der Waals surface area contributed by atoms with Crippen molar-refractivity contribution in [3.8, 4) is 0 Å². The van der Waals surface area contributed by atoms with Gasteiger partial charge in [0.1, 0.15) is 6.54 Å². The zero-order chi connectivity index (χ0) is 14.2. The lowest BCUT2D eigenvalue weighted by Gasteiger charge is -2.15. The van der Waals surface area contributed by atoms with Gasteiger partial charge in [0.2, 0.25) is 0 Å². The van der Waals surface area contributed by atoms with E-state index in [1.54, 1.807) is 24.3 Å². The van der Waals surface area contributed by atoms with E-state index < -0.39 is 18.3 Å². The maximum atomic E-state index is 12.5. The van der Waals surface area contributed by atoms with Gasteiger partial charge in [-0.2, -0.15) is 13.2 Å². The Bertz CT molecular complexity index is 656. The quantitative estimate of drug-likeness (QED) is 0.815. The predicted octanol–water partition coefficient (Wildman–Crippen LogP) is 3.69. The van der Waals surface area contributed by atoms with E-state index in [4.69, 9.17) is 0 Å². The lowest BCUT2D eigenvalue weighted by Crippen LogP contribution is -2.28. The average Bonchev–Trinajstić information content (AvgIpc) is 2.31. The Morgan fingerprint density at radius 2 is 1.74 bits per heavy atom. The van der Waals surface area contributed by atoms with E-state index in [-0.39, 0.29) is 5.92 Å². The summed E-state index contributed by atoms with van der Waals surface area (Å²) >= 11 is 0. The molecule has 0 saturated carbocycles. The lowest BCUT2D eigenvalue weighted by atomic mass is 9.98. The normalized spacial score (nSPS) is 12.3. The van der Waals surface area contributed by atoms with Crippen molar-refractivity contribution in [2.75, 3.05) is 0 Å². The van der Waals surface area contributed by atoms with Crippen molar-refractivity contribution in [2.45, 2.75) is 32.5 Å². The number of fused-ring (bicyclic) bond motifs is 1. The molecule has 1 aromatic carbocycles. The number of pyridine rings is 1. The van der Waals surface area contributed by atoms with Crippen LogP contribution in [-0.2, 0) is 6.54 Å². The van der Waals surface area contributed by atoms with Crippen molar-refractivity contribution in [1.82, 2.24) is 4.57 Å². The molecule has 0 N–H and O–H groups in total. The molecule has 0 bridgehead atoms. The molecule has 0 aliphatic carbocycles. The van der Waals surface area contributed by atoms with E-state index in [0.29, 0.717) is 5.39 Å². The summed E-state index contributed by atoms with van der Waals surface area (Å²) in [5, 5.41) is 1.05. The number of aromatic nitrogens is 1. The second kappa shape index (κ2) is 4.72. The smallest absolute Gasteiger partial charge is 0.306 e. The Morgan fingerprint density at radius 1 is 1.16 bits per heavy atom. The van der Waals surface area contributed by atoms with Crippen LogP contribution in [0.25, 0.3) is 10.8 Å². The molecule has 0 unspecified atom stereocenters. The van der Waals surface area contributed by atoms with Gasteiger partial charge in [0.05, 0.1) is 0 Å². The fraction of sp³-hybridized carbons (Fsp3) is 0.357. The SMILES string of the molecule is CC(C)c1cn(CC(F)(F)F)c(=O)c2ccccc12. The highest BCUT2D eigenvalue weighted by Crippen LogP contribution is 2.24. The maximum absolute atomic E-state index is 12.5. The second-order valence-electron chi connectivity index (χ2n) is 4.83. The zero-order valence-electron chi connectivity index (χ0n) is 10.7. The molecule has 0 spiro atoms. The van der Waals surface area contributed by atoms with E-state index in [9.17, 15) is 18.0 Å². The molecule has 19 heavy (non-hydrogen) atoms. The van der Waals surface area contributed by atoms with Gasteiger partial charge in [-0.1, -0.05) is 32.0 Å². The van der Waals surface area contributed by atoms with E-state index in [1.165, 1.54) is 6.20 Å². The predicted molar refractivity (Wildman–Crippen MR) is 68.4 cm³/mol. The summed E-state index contributed by atoms with van der Waals surface area (Å²) < 4.78 is 38.2. The van der Waals surface area contributed by atoms with Gasteiger partial charge in [0.15, 0.2) is 0 Å². The largest absolute Gasteiger partial charge is 0.406 e. The minimum atomic E-state index is -4.40. The molecule has 1 aromatic heterocycles. The molecule has 102 valence electrons. The molecule has 1 heterocycles. The van der Waals surface area contributed by atoms with E-state index in [2.05, 4.69) is 0 Å². The van der Waals surface area contributed by atoms with Crippen LogP contribution in [-0.4, -0.2) is 10.7 Å². The summed E-state index contributed by atoms with van der Waals surface area (Å²) in [5.74, 6) is 0.0463. The molecule has 0 fully saturated rings. The number of rotatable bonds is 2. The van der Waals surface area contributed by atoms with Gasteiger partial charge in [0.25, 0.3) is 5.56 Å². The van der Waals surface area contributed by atoms with Gasteiger partial charge in [-0.25, -0.2) is 0 Å². The first-order valence-corrected chi connectivity index (χ1v) is 5.98. The maximum Gasteiger partial charge on any atom is 0.406 e. The van der Waals surface area contributed by atoms with Crippen molar-refractivity contribution in [2.24, 2.45) is 0 Å². The molecule has 0 atom stereocenters. The summed E-state index contributed by atoms with van der Waals surface area (Å²) in [6.45, 7) is 2.53. The van der Waals surface area contributed by atoms with E-state index in [1.807, 2.05) is 13.8 Å². The number of hydrogen-bond donors (Lipinski definition) is 0. The topological polar surface area (TPSA) is 22.0 Å². The van der Waals surface area contributed by atoms with Crippen LogP contribution in [0, 0.1) is 0 Å². The van der Waals surface area contributed by atoms with Gasteiger partial charge < -0.3 is 4.57 Å². The molecule has 0 saturated heterocycles. The molecule has 2 nitrogen and oxygen atoms in total. The summed E-state index contributed by atoms with van der Waals surface area (Å²) in [4.78, 5) is 12.0. The average molecular weight is 269 g/mol. The van der Waals surface area contributed by atoms with Crippen molar-refractivity contribution in [3.05, 3.63) is 46.4 Å². The van der Waals surface area contributed by atoms with E-state index >= 15 is 0 Å². The van der Waals surface area contributed by atoms with Gasteiger partial charge in [-0.3, -0.25) is 4.79 Å². The van der Waals surface area contributed by atoms with Crippen LogP contribution in [0.2, 0.25) is 0 Å². The highest BCUT2D eigenvalue weighted by atomic mass is 19.4. The molecule has 0 aliphatic rings. The first-order chi connectivity index (χ1) is 8.79. The fourth-order valence-electron chi connectivity index (χ4n) is 2.14. The van der Waals surface area contributed by atoms with Crippen LogP contribution in [0.3, 0.4) is 0 Å². The summed E-state index contributed by atoms with van der Waals surface area (Å²) in [6, 6.07) is 6.77. The third kappa shape index (κ3) is 2.80. The Labute approximate surface area is 108 Å². The molecule has 0 radical (unpaired) electrons. The van der Waals surface area contributed by atoms with Crippen molar-refractivity contribution >= 4 is 10.8 Å². The standard InChI is InChI=1S/C14H14F3NO/c1-9(2)12-7-18(8-14(15,16)17)13(19)11-6-4-3-5-10(11)12/h3-7,9H,8H2,1-2H3. The minimum Gasteiger partial charge on any atom is -0.306 e. The van der Waals surface area contributed by atoms with Crippen molar-refractivity contribution in [1.29, 1.82) is 0 Å². The summed E-state index contributed by atoms with van der Waals surface area (Å²) in [6.07, 6.45) is -3.08. The number of nitrogens with zero attached hydrogens (tertiary/aromatic N) is 1. The van der Waals surface area contributed by atoms with Crippen molar-refractivity contribution in [3.63, 3.8) is 0 Å². The number of halogens is 3. The first-order valence-electron chi connectivity index (χ1n) is 5.98. The third-order valence-electron chi connectivity index (χ3n) is 3.00. The van der Waals surface area contributed by atoms with Crippen LogP contribution in [0.1, 0.15) is 25.3 Å². The number of benzene rings is 1. The molecule has 5 heteroatoms. The van der Waals surface area contributed by atoms with Gasteiger partial charge in [-0.05, 0) is 22.9 Å². The third-order valence-corrected chi connectivity index (χ3v) is 3.00. The van der Waals surface area contributed by atoms with Gasteiger partial charge >= 0.3 is 6.18 Å². The highest BCUT2D eigenvalue weighted by molar-refractivity contribution is 5.85. The Balaban J connectivity index is 2.73. The monoisotopic (exact) mass is 269 g/mol. The Kier molecular flexibility index (Phi) is 3.39. The summed E-state index contributed by atoms with van der Waals surface area (Å²) in [5.41, 5.74) is 0.150. The molecular formula is C14H14F3NO. The van der Waals surface area contributed by atoms with Crippen LogP contribution in [0.15, 0.2) is 35.3 Å².